The first kappa shape index (κ1) is 16.1. The van der Waals surface area contributed by atoms with Gasteiger partial charge in [0.15, 0.2) is 0 Å². The molecular weight excluding hydrogens is 314 g/mol. The quantitative estimate of drug-likeness (QED) is 0.844. The van der Waals surface area contributed by atoms with Crippen LogP contribution in [0, 0.1) is 0 Å². The van der Waals surface area contributed by atoms with Crippen LogP contribution < -0.4 is 4.72 Å². The molecule has 0 unspecified atom stereocenters. The van der Waals surface area contributed by atoms with Crippen LogP contribution in [0.3, 0.4) is 0 Å². The Morgan fingerprint density at radius 3 is 2.78 bits per heavy atom. The number of hydrogen-bond donors (Lipinski definition) is 1. The maximum Gasteiger partial charge on any atom is 0.208 e. The highest BCUT2D eigenvalue weighted by molar-refractivity contribution is 7.88. The van der Waals surface area contributed by atoms with Crippen molar-refractivity contribution in [2.24, 2.45) is 0 Å². The Labute approximate surface area is 136 Å². The minimum Gasteiger partial charge on any atom is -0.291 e. The number of aromatic nitrogens is 3. The highest BCUT2D eigenvalue weighted by atomic mass is 32.2. The van der Waals surface area contributed by atoms with Crippen LogP contribution >= 0.6 is 0 Å². The molecular formula is C15H21N5O2S. The zero-order valence-corrected chi connectivity index (χ0v) is 13.9. The van der Waals surface area contributed by atoms with E-state index in [1.807, 2.05) is 29.1 Å². The predicted molar refractivity (Wildman–Crippen MR) is 87.1 cm³/mol. The van der Waals surface area contributed by atoms with Gasteiger partial charge in [-0.3, -0.25) is 14.6 Å². The molecule has 2 aromatic heterocycles. The summed E-state index contributed by atoms with van der Waals surface area (Å²) in [5, 5.41) is 4.40. The number of pyridine rings is 1. The summed E-state index contributed by atoms with van der Waals surface area (Å²) in [6.45, 7) is 2.97. The van der Waals surface area contributed by atoms with Gasteiger partial charge in [0.1, 0.15) is 0 Å². The molecule has 23 heavy (non-hydrogen) atoms. The summed E-state index contributed by atoms with van der Waals surface area (Å²) in [7, 11) is -3.15. The van der Waals surface area contributed by atoms with Gasteiger partial charge in [0.25, 0.3) is 0 Å². The van der Waals surface area contributed by atoms with Crippen molar-refractivity contribution >= 4 is 10.0 Å². The predicted octanol–water partition coefficient (Wildman–Crippen LogP) is 0.774. The fourth-order valence-corrected chi connectivity index (χ4v) is 3.44. The van der Waals surface area contributed by atoms with Gasteiger partial charge in [0, 0.05) is 44.8 Å². The molecule has 3 heterocycles. The van der Waals surface area contributed by atoms with Crippen LogP contribution in [0.25, 0.3) is 0 Å². The van der Waals surface area contributed by atoms with E-state index in [-0.39, 0.29) is 6.04 Å². The van der Waals surface area contributed by atoms with Crippen LogP contribution in [-0.4, -0.2) is 47.4 Å². The van der Waals surface area contributed by atoms with Gasteiger partial charge < -0.3 is 0 Å². The maximum absolute atomic E-state index is 11.2. The lowest BCUT2D eigenvalue weighted by molar-refractivity contribution is 0.162. The molecule has 1 aliphatic rings. The molecule has 0 saturated heterocycles. The zero-order chi connectivity index (χ0) is 16.3. The molecule has 124 valence electrons. The van der Waals surface area contributed by atoms with Crippen LogP contribution in [0.15, 0.2) is 36.8 Å². The Morgan fingerprint density at radius 2 is 2.04 bits per heavy atom. The zero-order valence-electron chi connectivity index (χ0n) is 13.1. The number of nitrogens with one attached hydrogen (secondary N) is 1. The van der Waals surface area contributed by atoms with Crippen molar-refractivity contribution in [2.75, 3.05) is 19.3 Å². The van der Waals surface area contributed by atoms with Crippen molar-refractivity contribution in [3.8, 4) is 0 Å². The first-order valence-corrected chi connectivity index (χ1v) is 9.49. The van der Waals surface area contributed by atoms with Crippen molar-refractivity contribution in [3.63, 3.8) is 0 Å². The number of rotatable bonds is 6. The average Bonchev–Trinajstić information content (AvgIpc) is 2.95. The maximum atomic E-state index is 11.2. The minimum atomic E-state index is -3.15. The molecule has 0 spiro atoms. The summed E-state index contributed by atoms with van der Waals surface area (Å²) >= 11 is 0. The highest BCUT2D eigenvalue weighted by Crippen LogP contribution is 2.23. The van der Waals surface area contributed by atoms with Crippen LogP contribution in [0.5, 0.6) is 0 Å². The van der Waals surface area contributed by atoms with Gasteiger partial charge in [-0.25, -0.2) is 13.1 Å². The van der Waals surface area contributed by atoms with Gasteiger partial charge in [-0.1, -0.05) is 0 Å². The summed E-state index contributed by atoms with van der Waals surface area (Å²) in [5.74, 6) is 0. The van der Waals surface area contributed by atoms with Gasteiger partial charge in [-0.2, -0.15) is 5.10 Å². The largest absolute Gasteiger partial charge is 0.291 e. The van der Waals surface area contributed by atoms with E-state index in [1.165, 1.54) is 11.8 Å². The van der Waals surface area contributed by atoms with Crippen LogP contribution in [0.2, 0.25) is 0 Å². The number of sulfonamides is 1. The molecule has 8 heteroatoms. The van der Waals surface area contributed by atoms with Crippen molar-refractivity contribution < 1.29 is 8.42 Å². The Bertz CT molecular complexity index is 744. The minimum absolute atomic E-state index is 0.171. The Balaban J connectivity index is 1.67. The van der Waals surface area contributed by atoms with E-state index in [9.17, 15) is 8.42 Å². The van der Waals surface area contributed by atoms with E-state index in [0.717, 1.165) is 25.3 Å². The molecule has 0 fully saturated rings. The SMILES string of the molecule is CS(=O)(=O)NCC[C@@H]1CN(Cc2ccncc2)Cc2ccnn21. The monoisotopic (exact) mass is 335 g/mol. The third-order valence-corrected chi connectivity index (χ3v) is 4.68. The van der Waals surface area contributed by atoms with E-state index in [0.29, 0.717) is 13.0 Å². The summed E-state index contributed by atoms with van der Waals surface area (Å²) < 4.78 is 27.0. The van der Waals surface area contributed by atoms with Crippen molar-refractivity contribution in [2.45, 2.75) is 25.6 Å². The fraction of sp³-hybridized carbons (Fsp3) is 0.467. The van der Waals surface area contributed by atoms with E-state index >= 15 is 0 Å². The summed E-state index contributed by atoms with van der Waals surface area (Å²) in [6, 6.07) is 6.23. The fourth-order valence-electron chi connectivity index (χ4n) is 2.96. The van der Waals surface area contributed by atoms with Crippen molar-refractivity contribution in [1.29, 1.82) is 0 Å². The lowest BCUT2D eigenvalue weighted by Gasteiger charge is -2.34. The van der Waals surface area contributed by atoms with E-state index < -0.39 is 10.0 Å². The van der Waals surface area contributed by atoms with Crippen LogP contribution in [0.1, 0.15) is 23.7 Å². The molecule has 1 aliphatic heterocycles. The van der Waals surface area contributed by atoms with Gasteiger partial charge in [0.05, 0.1) is 18.0 Å². The summed E-state index contributed by atoms with van der Waals surface area (Å²) in [6.07, 6.45) is 7.31. The van der Waals surface area contributed by atoms with Crippen molar-refractivity contribution in [1.82, 2.24) is 24.4 Å². The highest BCUT2D eigenvalue weighted by Gasteiger charge is 2.25. The molecule has 0 saturated carbocycles. The van der Waals surface area contributed by atoms with E-state index in [2.05, 4.69) is 19.7 Å². The molecule has 0 aromatic carbocycles. The van der Waals surface area contributed by atoms with Gasteiger partial charge >= 0.3 is 0 Å². The first-order chi connectivity index (χ1) is 11.0. The Morgan fingerprint density at radius 1 is 1.26 bits per heavy atom. The molecule has 1 N–H and O–H groups in total. The number of hydrogen-bond acceptors (Lipinski definition) is 5. The molecule has 2 aromatic rings. The Kier molecular flexibility index (Phi) is 4.74. The molecule has 3 rings (SSSR count). The van der Waals surface area contributed by atoms with E-state index in [1.54, 1.807) is 12.4 Å². The van der Waals surface area contributed by atoms with E-state index in [4.69, 9.17) is 0 Å². The second-order valence-electron chi connectivity index (χ2n) is 5.90. The molecule has 0 aliphatic carbocycles. The molecule has 1 atom stereocenters. The molecule has 0 radical (unpaired) electrons. The van der Waals surface area contributed by atoms with Crippen LogP contribution in [0.4, 0.5) is 0 Å². The summed E-state index contributed by atoms with van der Waals surface area (Å²) in [5.41, 5.74) is 2.38. The Hall–Kier alpha value is -1.77. The smallest absolute Gasteiger partial charge is 0.208 e. The second kappa shape index (κ2) is 6.77. The summed E-state index contributed by atoms with van der Waals surface area (Å²) in [4.78, 5) is 6.41. The lowest BCUT2D eigenvalue weighted by Crippen LogP contribution is -2.38. The molecule has 0 amide bonds. The number of nitrogens with zero attached hydrogens (tertiary/aromatic N) is 4. The third kappa shape index (κ3) is 4.37. The lowest BCUT2D eigenvalue weighted by atomic mass is 10.1. The third-order valence-electron chi connectivity index (χ3n) is 3.95. The average molecular weight is 335 g/mol. The first-order valence-electron chi connectivity index (χ1n) is 7.59. The second-order valence-corrected chi connectivity index (χ2v) is 7.73. The number of fused-ring (bicyclic) bond motifs is 1. The normalized spacial score (nSPS) is 18.7. The van der Waals surface area contributed by atoms with Gasteiger partial charge in [-0.15, -0.1) is 0 Å². The van der Waals surface area contributed by atoms with Crippen LogP contribution in [-0.2, 0) is 23.1 Å². The molecule has 0 bridgehead atoms. The van der Waals surface area contributed by atoms with Gasteiger partial charge in [-0.05, 0) is 30.2 Å². The topological polar surface area (TPSA) is 80.1 Å². The molecule has 7 nitrogen and oxygen atoms in total. The standard InChI is InChI=1S/C15H21N5O2S/c1-23(21,22)18-9-5-15-12-19(10-13-2-6-16-7-3-13)11-14-4-8-17-20(14)15/h2-4,6-8,15,18H,5,9-12H2,1H3/t15-/m1/s1. The van der Waals surface area contributed by atoms with Crippen molar-refractivity contribution in [3.05, 3.63) is 48.0 Å². The van der Waals surface area contributed by atoms with Gasteiger partial charge in [0.2, 0.25) is 10.0 Å².